The Labute approximate surface area is 141 Å². The molecule has 0 aromatic carbocycles. The predicted molar refractivity (Wildman–Crippen MR) is 86.6 cm³/mol. The molecule has 1 saturated heterocycles. The topological polar surface area (TPSA) is 106 Å². The fourth-order valence-electron chi connectivity index (χ4n) is 2.26. The number of hydrogen-bond donors (Lipinski definition) is 2. The molecule has 3 N–H and O–H groups in total. The van der Waals surface area contributed by atoms with Crippen LogP contribution in [-0.2, 0) is 10.0 Å². The molecule has 1 aliphatic rings. The van der Waals surface area contributed by atoms with E-state index < -0.39 is 15.6 Å². The number of aromatic nitrogens is 1. The number of pyridine rings is 1. The summed E-state index contributed by atoms with van der Waals surface area (Å²) in [6, 6.07) is 2.81. The minimum Gasteiger partial charge on any atom is -0.473 e. The molecule has 0 bridgehead atoms. The van der Waals surface area contributed by atoms with E-state index in [9.17, 15) is 17.9 Å². The molecule has 7 nitrogen and oxygen atoms in total. The van der Waals surface area contributed by atoms with Crippen molar-refractivity contribution < 1.29 is 22.7 Å². The van der Waals surface area contributed by atoms with Crippen molar-refractivity contribution in [3.05, 3.63) is 30.2 Å². The van der Waals surface area contributed by atoms with Gasteiger partial charge in [0.05, 0.1) is 18.1 Å². The summed E-state index contributed by atoms with van der Waals surface area (Å²) in [4.78, 5) is 3.99. The quantitative estimate of drug-likeness (QED) is 0.779. The van der Waals surface area contributed by atoms with E-state index in [4.69, 9.17) is 10.5 Å². The Hall–Kier alpha value is -1.55. The standard InChI is InChI=1S/C15H22FN3O4S/c1-15(20)4-6-19(7-5-15)24(21,22)13-2-3-14(18-10-13)23-11-12(8-16)9-17/h2-3,8,10,20H,4-7,9,11,17H2,1H3/b12-8+. The van der Waals surface area contributed by atoms with E-state index >= 15 is 0 Å². The highest BCUT2D eigenvalue weighted by atomic mass is 32.2. The normalized spacial score (nSPS) is 19.2. The van der Waals surface area contributed by atoms with Crippen LogP contribution in [0.3, 0.4) is 0 Å². The number of sulfonamides is 1. The number of piperidine rings is 1. The van der Waals surface area contributed by atoms with Crippen LogP contribution in [0.4, 0.5) is 4.39 Å². The lowest BCUT2D eigenvalue weighted by Crippen LogP contribution is -2.45. The smallest absolute Gasteiger partial charge is 0.244 e. The Bertz CT molecular complexity index is 679. The summed E-state index contributed by atoms with van der Waals surface area (Å²) < 4.78 is 44.1. The number of hydrogen-bond acceptors (Lipinski definition) is 6. The number of nitrogens with two attached hydrogens (primary N) is 1. The molecule has 134 valence electrons. The van der Waals surface area contributed by atoms with Crippen LogP contribution in [0.2, 0.25) is 0 Å². The van der Waals surface area contributed by atoms with Gasteiger partial charge in [0.15, 0.2) is 0 Å². The van der Waals surface area contributed by atoms with Crippen LogP contribution < -0.4 is 10.5 Å². The van der Waals surface area contributed by atoms with Crippen LogP contribution >= 0.6 is 0 Å². The first kappa shape index (κ1) is 18.8. The Morgan fingerprint density at radius 1 is 1.50 bits per heavy atom. The molecule has 0 atom stereocenters. The van der Waals surface area contributed by atoms with Crippen molar-refractivity contribution in [2.24, 2.45) is 5.73 Å². The average Bonchev–Trinajstić information content (AvgIpc) is 2.56. The van der Waals surface area contributed by atoms with Crippen LogP contribution in [0, 0.1) is 0 Å². The molecule has 1 aromatic rings. The molecule has 0 unspecified atom stereocenters. The fourth-order valence-corrected chi connectivity index (χ4v) is 3.65. The maximum Gasteiger partial charge on any atom is 0.244 e. The van der Waals surface area contributed by atoms with Gasteiger partial charge in [-0.15, -0.1) is 0 Å². The summed E-state index contributed by atoms with van der Waals surface area (Å²) in [6.07, 6.45) is 2.36. The van der Waals surface area contributed by atoms with Gasteiger partial charge in [0, 0.05) is 31.3 Å². The van der Waals surface area contributed by atoms with E-state index in [1.165, 1.54) is 22.6 Å². The SMILES string of the molecule is CC1(O)CCN(S(=O)(=O)c2ccc(OC/C(=C/F)CN)nc2)CC1. The van der Waals surface area contributed by atoms with E-state index in [-0.39, 0.29) is 42.6 Å². The van der Waals surface area contributed by atoms with E-state index in [0.29, 0.717) is 19.2 Å². The summed E-state index contributed by atoms with van der Waals surface area (Å²) in [5, 5.41) is 9.92. The van der Waals surface area contributed by atoms with E-state index in [1.807, 2.05) is 0 Å². The van der Waals surface area contributed by atoms with Crippen LogP contribution in [0.25, 0.3) is 0 Å². The molecule has 9 heteroatoms. The molecule has 0 amide bonds. The Morgan fingerprint density at radius 2 is 2.17 bits per heavy atom. The molecule has 0 spiro atoms. The van der Waals surface area contributed by atoms with Crippen molar-refractivity contribution in [1.82, 2.24) is 9.29 Å². The van der Waals surface area contributed by atoms with Gasteiger partial charge in [-0.25, -0.2) is 17.8 Å². The second-order valence-corrected chi connectivity index (χ2v) is 7.93. The largest absolute Gasteiger partial charge is 0.473 e. The molecular formula is C15H22FN3O4S. The summed E-state index contributed by atoms with van der Waals surface area (Å²) in [5.41, 5.74) is 4.76. The maximum atomic E-state index is 12.6. The van der Waals surface area contributed by atoms with Crippen molar-refractivity contribution in [2.45, 2.75) is 30.3 Å². The highest BCUT2D eigenvalue weighted by molar-refractivity contribution is 7.89. The highest BCUT2D eigenvalue weighted by Gasteiger charge is 2.34. The number of nitrogens with zero attached hydrogens (tertiary/aromatic N) is 2. The third-order valence-electron chi connectivity index (χ3n) is 3.97. The van der Waals surface area contributed by atoms with E-state index in [2.05, 4.69) is 4.98 Å². The van der Waals surface area contributed by atoms with Crippen LogP contribution in [-0.4, -0.2) is 54.7 Å². The minimum absolute atomic E-state index is 0.0295. The monoisotopic (exact) mass is 359 g/mol. The fraction of sp³-hybridized carbons (Fsp3) is 0.533. The first-order chi connectivity index (χ1) is 11.3. The maximum absolute atomic E-state index is 12.6. The van der Waals surface area contributed by atoms with Gasteiger partial charge >= 0.3 is 0 Å². The van der Waals surface area contributed by atoms with Gasteiger partial charge in [0.1, 0.15) is 11.5 Å². The molecule has 0 aliphatic carbocycles. The van der Waals surface area contributed by atoms with Crippen molar-refractivity contribution in [1.29, 1.82) is 0 Å². The van der Waals surface area contributed by atoms with Gasteiger partial charge in [0.25, 0.3) is 0 Å². The first-order valence-corrected chi connectivity index (χ1v) is 9.02. The molecular weight excluding hydrogens is 337 g/mol. The van der Waals surface area contributed by atoms with Crippen LogP contribution in [0.5, 0.6) is 5.88 Å². The van der Waals surface area contributed by atoms with E-state index in [0.717, 1.165) is 0 Å². The Morgan fingerprint density at radius 3 is 2.67 bits per heavy atom. The third-order valence-corrected chi connectivity index (χ3v) is 5.85. The molecule has 2 rings (SSSR count). The molecule has 24 heavy (non-hydrogen) atoms. The molecule has 1 aliphatic heterocycles. The van der Waals surface area contributed by atoms with E-state index in [1.54, 1.807) is 6.92 Å². The third kappa shape index (κ3) is 4.50. The van der Waals surface area contributed by atoms with Gasteiger partial charge in [-0.05, 0) is 25.8 Å². The van der Waals surface area contributed by atoms with Gasteiger partial charge in [-0.1, -0.05) is 0 Å². The number of halogens is 1. The van der Waals surface area contributed by atoms with Crippen molar-refractivity contribution in [2.75, 3.05) is 26.2 Å². The Balaban J connectivity index is 2.04. The number of ether oxygens (including phenoxy) is 1. The van der Waals surface area contributed by atoms with Crippen LogP contribution in [0.15, 0.2) is 35.1 Å². The van der Waals surface area contributed by atoms with Gasteiger partial charge in [0.2, 0.25) is 15.9 Å². The average molecular weight is 359 g/mol. The van der Waals surface area contributed by atoms with Crippen molar-refractivity contribution >= 4 is 10.0 Å². The van der Waals surface area contributed by atoms with Crippen molar-refractivity contribution in [3.63, 3.8) is 0 Å². The Kier molecular flexibility index (Phi) is 5.92. The lowest BCUT2D eigenvalue weighted by Gasteiger charge is -2.34. The zero-order valence-corrected chi connectivity index (χ0v) is 14.3. The molecule has 0 radical (unpaired) electrons. The summed E-state index contributed by atoms with van der Waals surface area (Å²) in [6.45, 7) is 2.20. The molecule has 0 saturated carbocycles. The van der Waals surface area contributed by atoms with Gasteiger partial charge in [-0.3, -0.25) is 0 Å². The van der Waals surface area contributed by atoms with Gasteiger partial charge < -0.3 is 15.6 Å². The first-order valence-electron chi connectivity index (χ1n) is 7.58. The zero-order chi connectivity index (χ0) is 17.8. The van der Waals surface area contributed by atoms with Crippen molar-refractivity contribution in [3.8, 4) is 5.88 Å². The summed E-state index contributed by atoms with van der Waals surface area (Å²) >= 11 is 0. The lowest BCUT2D eigenvalue weighted by atomic mass is 9.95. The molecule has 1 fully saturated rings. The molecule has 2 heterocycles. The minimum atomic E-state index is -3.66. The number of rotatable bonds is 6. The second-order valence-electron chi connectivity index (χ2n) is 5.99. The number of aliphatic hydroxyl groups is 1. The molecule has 1 aromatic heterocycles. The highest BCUT2D eigenvalue weighted by Crippen LogP contribution is 2.26. The second kappa shape index (κ2) is 7.56. The predicted octanol–water partition coefficient (Wildman–Crippen LogP) is 0.808. The van der Waals surface area contributed by atoms with Gasteiger partial charge in [-0.2, -0.15) is 4.31 Å². The zero-order valence-electron chi connectivity index (χ0n) is 13.5. The van der Waals surface area contributed by atoms with Crippen LogP contribution in [0.1, 0.15) is 19.8 Å². The lowest BCUT2D eigenvalue weighted by molar-refractivity contribution is 0.0126. The summed E-state index contributed by atoms with van der Waals surface area (Å²) in [5.74, 6) is 0.184. The summed E-state index contributed by atoms with van der Waals surface area (Å²) in [7, 11) is -3.66.